The largest absolute Gasteiger partial charge is 0.469 e. The summed E-state index contributed by atoms with van der Waals surface area (Å²) in [4.78, 5) is 9.59. The van der Waals surface area contributed by atoms with Crippen LogP contribution in [0.5, 0.6) is 0 Å². The molecule has 0 amide bonds. The Morgan fingerprint density at radius 1 is 0.731 bits per heavy atom. The molecule has 0 rings (SSSR count). The van der Waals surface area contributed by atoms with Gasteiger partial charge in [0.1, 0.15) is 0 Å². The third-order valence-electron chi connectivity index (χ3n) is 4.33. The Morgan fingerprint density at radius 2 is 0.962 bits per heavy atom. The molecule has 0 aromatic heterocycles. The first kappa shape index (κ1) is 30.1. The van der Waals surface area contributed by atoms with E-state index in [0.717, 1.165) is 0 Å². The fraction of sp³-hybridized carbons (Fsp3) is 0.952. The lowest BCUT2D eigenvalue weighted by Crippen LogP contribution is -2.50. The van der Waals surface area contributed by atoms with Crippen LogP contribution >= 0.6 is 0 Å². The quantitative estimate of drug-likeness (QED) is 0.373. The van der Waals surface area contributed by atoms with E-state index in [4.69, 9.17) is 10.2 Å². The number of carbonyl (C=O) groups is 1. The van der Waals surface area contributed by atoms with Crippen molar-refractivity contribution < 1.29 is 24.2 Å². The van der Waals surface area contributed by atoms with Crippen molar-refractivity contribution in [1.82, 2.24) is 0 Å². The third kappa shape index (κ3) is 23.4. The lowest BCUT2D eigenvalue weighted by molar-refractivity contribution is -0.929. The van der Waals surface area contributed by atoms with E-state index in [0.29, 0.717) is 0 Å². The Kier molecular flexibility index (Phi) is 28.2. The van der Waals surface area contributed by atoms with E-state index in [1.54, 1.807) is 0 Å². The van der Waals surface area contributed by atoms with Crippen molar-refractivity contribution in [1.29, 1.82) is 0 Å². The molecule has 0 aliphatic heterocycles. The van der Waals surface area contributed by atoms with E-state index in [1.807, 2.05) is 0 Å². The molecule has 0 aromatic carbocycles. The Balaban J connectivity index is -0.000000484. The highest BCUT2D eigenvalue weighted by Crippen LogP contribution is 2.16. The van der Waals surface area contributed by atoms with Gasteiger partial charge in [-0.15, -0.1) is 0 Å². The van der Waals surface area contributed by atoms with Gasteiger partial charge in [-0.2, -0.15) is 0 Å². The maximum absolute atomic E-state index is 9.59. The molecule has 0 atom stereocenters. The van der Waals surface area contributed by atoms with E-state index in [1.165, 1.54) is 96.1 Å². The number of unbranched alkanes of at least 4 members (excludes halogenated alkanes) is 4. The van der Waals surface area contributed by atoms with Gasteiger partial charge >= 0.3 is 5.97 Å². The van der Waals surface area contributed by atoms with Gasteiger partial charge < -0.3 is 19.4 Å². The average Bonchev–Trinajstić information content (AvgIpc) is 2.67. The summed E-state index contributed by atoms with van der Waals surface area (Å²) < 4.78 is 5.53. The molecule has 5 nitrogen and oxygen atoms in total. The van der Waals surface area contributed by atoms with Crippen molar-refractivity contribution in [3.05, 3.63) is 0 Å². The average molecular weight is 379 g/mol. The van der Waals surface area contributed by atoms with Crippen molar-refractivity contribution in [2.24, 2.45) is 0 Å². The monoisotopic (exact) mass is 378 g/mol. The number of ether oxygens (including phenoxy) is 1. The van der Waals surface area contributed by atoms with Crippen LogP contribution in [0.3, 0.4) is 0 Å². The maximum atomic E-state index is 9.59. The fourth-order valence-electron chi connectivity index (χ4n) is 2.64. The number of methoxy groups -OCH3 is 1. The van der Waals surface area contributed by atoms with Crippen LogP contribution < -0.4 is 0 Å². The Labute approximate surface area is 163 Å². The van der Waals surface area contributed by atoms with Gasteiger partial charge in [-0.3, -0.25) is 4.79 Å². The van der Waals surface area contributed by atoms with Crippen molar-refractivity contribution in [2.75, 3.05) is 46.5 Å². The molecule has 0 aliphatic rings. The van der Waals surface area contributed by atoms with E-state index >= 15 is 0 Å². The summed E-state index contributed by atoms with van der Waals surface area (Å²) in [7, 11) is 1.35. The van der Waals surface area contributed by atoms with E-state index in [9.17, 15) is 4.79 Å². The second-order valence-corrected chi connectivity index (χ2v) is 6.79. The molecule has 160 valence electrons. The highest BCUT2D eigenvalue weighted by Gasteiger charge is 2.24. The molecule has 0 saturated carbocycles. The van der Waals surface area contributed by atoms with Gasteiger partial charge in [0.25, 0.3) is 0 Å². The predicted molar refractivity (Wildman–Crippen MR) is 111 cm³/mol. The van der Waals surface area contributed by atoms with Gasteiger partial charge in [0.2, 0.25) is 0 Å². The standard InChI is InChI=1S/C16H36N.C3H6O2.C2H6O2/c1-5-9-13-17(14-10-6-2,15-11-7-3)16-12-8-4;1-3(4)5-2;3-1-2-4/h5-16H2,1-4H3;1-2H3;3-4H,1-2H2/q+1;;. The van der Waals surface area contributed by atoms with Crippen LogP contribution in [0.4, 0.5) is 0 Å². The van der Waals surface area contributed by atoms with Crippen molar-refractivity contribution in [2.45, 2.75) is 86.0 Å². The molecule has 0 radical (unpaired) electrons. The summed E-state index contributed by atoms with van der Waals surface area (Å²) in [6, 6.07) is 0. The van der Waals surface area contributed by atoms with Crippen LogP contribution in [-0.4, -0.2) is 67.2 Å². The number of aliphatic hydroxyl groups is 2. The fourth-order valence-corrected chi connectivity index (χ4v) is 2.64. The Hall–Kier alpha value is -0.650. The van der Waals surface area contributed by atoms with Gasteiger partial charge in [-0.05, 0) is 25.7 Å². The Bertz CT molecular complexity index is 233. The highest BCUT2D eigenvalue weighted by atomic mass is 16.5. The van der Waals surface area contributed by atoms with E-state index in [-0.39, 0.29) is 19.2 Å². The summed E-state index contributed by atoms with van der Waals surface area (Å²) in [5.41, 5.74) is 0. The van der Waals surface area contributed by atoms with Crippen LogP contribution in [0.2, 0.25) is 0 Å². The van der Waals surface area contributed by atoms with Gasteiger partial charge in [0.05, 0.1) is 46.5 Å². The lowest BCUT2D eigenvalue weighted by atomic mass is 10.1. The molecule has 26 heavy (non-hydrogen) atoms. The zero-order chi connectivity index (χ0) is 20.7. The number of rotatable bonds is 13. The first-order chi connectivity index (χ1) is 12.4. The minimum Gasteiger partial charge on any atom is -0.469 e. The summed E-state index contributed by atoms with van der Waals surface area (Å²) >= 11 is 0. The van der Waals surface area contributed by atoms with Crippen molar-refractivity contribution in [3.8, 4) is 0 Å². The Morgan fingerprint density at radius 3 is 1.08 bits per heavy atom. The first-order valence-corrected chi connectivity index (χ1v) is 10.5. The normalized spacial score (nSPS) is 10.3. The number of esters is 1. The number of hydrogen-bond acceptors (Lipinski definition) is 4. The van der Waals surface area contributed by atoms with Crippen LogP contribution in [-0.2, 0) is 9.53 Å². The highest BCUT2D eigenvalue weighted by molar-refractivity contribution is 5.65. The van der Waals surface area contributed by atoms with Gasteiger partial charge in [0, 0.05) is 6.92 Å². The zero-order valence-electron chi connectivity index (χ0n) is 18.6. The second-order valence-electron chi connectivity index (χ2n) is 6.79. The second kappa shape index (κ2) is 24.4. The summed E-state index contributed by atoms with van der Waals surface area (Å²) in [5, 5.41) is 15.2. The van der Waals surface area contributed by atoms with Crippen molar-refractivity contribution >= 4 is 5.97 Å². The molecule has 0 heterocycles. The van der Waals surface area contributed by atoms with E-state index < -0.39 is 0 Å². The molecule has 2 N–H and O–H groups in total. The predicted octanol–water partition coefficient (Wildman–Crippen LogP) is 4.15. The van der Waals surface area contributed by atoms with Crippen molar-refractivity contribution in [3.63, 3.8) is 0 Å². The summed E-state index contributed by atoms with van der Waals surface area (Å²) in [6.45, 7) is 16.1. The zero-order valence-corrected chi connectivity index (χ0v) is 18.6. The molecule has 0 bridgehead atoms. The molecule has 0 aliphatic carbocycles. The van der Waals surface area contributed by atoms with Gasteiger partial charge in [0.15, 0.2) is 0 Å². The van der Waals surface area contributed by atoms with Gasteiger partial charge in [-0.25, -0.2) is 0 Å². The third-order valence-corrected chi connectivity index (χ3v) is 4.33. The smallest absolute Gasteiger partial charge is 0.302 e. The molecule has 0 unspecified atom stereocenters. The molecular formula is C21H48NO4+. The number of nitrogens with zero attached hydrogens (tertiary/aromatic N) is 1. The maximum Gasteiger partial charge on any atom is 0.302 e. The summed E-state index contributed by atoms with van der Waals surface area (Å²) in [5.74, 6) is -0.245. The van der Waals surface area contributed by atoms with E-state index in [2.05, 4.69) is 32.4 Å². The minimum absolute atomic E-state index is 0.125. The molecule has 5 heteroatoms. The molecular weight excluding hydrogens is 330 g/mol. The molecule has 0 aromatic rings. The first-order valence-electron chi connectivity index (χ1n) is 10.5. The topological polar surface area (TPSA) is 66.8 Å². The molecule has 0 fully saturated rings. The minimum atomic E-state index is -0.245. The molecule has 0 saturated heterocycles. The SMILES string of the molecule is CCCC[N+](CCCC)(CCCC)CCCC.COC(C)=O.OCCO. The van der Waals surface area contributed by atoms with Gasteiger partial charge in [-0.1, -0.05) is 53.4 Å². The number of hydrogen-bond donors (Lipinski definition) is 2. The number of carbonyl (C=O) groups excluding carboxylic acids is 1. The summed E-state index contributed by atoms with van der Waals surface area (Å²) in [6.07, 6.45) is 11.1. The number of quaternary nitrogens is 1. The van der Waals surface area contributed by atoms with Crippen LogP contribution in [0.15, 0.2) is 0 Å². The lowest BCUT2D eigenvalue weighted by Gasteiger charge is -2.39. The number of aliphatic hydroxyl groups excluding tert-OH is 2. The van der Waals surface area contributed by atoms with Crippen LogP contribution in [0, 0.1) is 0 Å². The molecule has 0 spiro atoms. The van der Waals surface area contributed by atoms with Crippen LogP contribution in [0.25, 0.3) is 0 Å². The van der Waals surface area contributed by atoms with Crippen LogP contribution in [0.1, 0.15) is 86.0 Å².